The van der Waals surface area contributed by atoms with Crippen molar-refractivity contribution < 1.29 is 13.2 Å². The van der Waals surface area contributed by atoms with E-state index in [1.165, 1.54) is 0 Å². The van der Waals surface area contributed by atoms with Crippen LogP contribution in [0.15, 0.2) is 4.90 Å². The Morgan fingerprint density at radius 2 is 2.20 bits per heavy atom. The van der Waals surface area contributed by atoms with Crippen LogP contribution in [0.3, 0.4) is 0 Å². The number of hydrogen-bond acceptors (Lipinski definition) is 7. The minimum atomic E-state index is -3.39. The highest BCUT2D eigenvalue weighted by Crippen LogP contribution is 2.39. The molecule has 2 N–H and O–H groups in total. The number of nitrogen functional groups attached to an aromatic ring is 1. The van der Waals surface area contributed by atoms with Gasteiger partial charge in [0.1, 0.15) is 9.90 Å². The Labute approximate surface area is 124 Å². The molecule has 2 rings (SSSR count). The third-order valence-electron chi connectivity index (χ3n) is 3.33. The standard InChI is InChI=1S/C12H21N3O3S2/c1-4-7-20(16,17)9-10(13)14-19-11(9)15-5-6-18-8-12(15,2)3/h4-8H2,1-3H3,(H2,13,14). The maximum atomic E-state index is 12.4. The Hall–Kier alpha value is -0.860. The quantitative estimate of drug-likeness (QED) is 0.905. The predicted molar refractivity (Wildman–Crippen MR) is 81.1 cm³/mol. The second-order valence-corrected chi connectivity index (χ2v) is 8.34. The zero-order valence-electron chi connectivity index (χ0n) is 12.0. The molecule has 6 nitrogen and oxygen atoms in total. The Kier molecular flexibility index (Phi) is 4.27. The third-order valence-corrected chi connectivity index (χ3v) is 6.32. The molecule has 8 heteroatoms. The second kappa shape index (κ2) is 5.50. The summed E-state index contributed by atoms with van der Waals surface area (Å²) in [4.78, 5) is 2.24. The van der Waals surface area contributed by atoms with Gasteiger partial charge in [0.25, 0.3) is 0 Å². The van der Waals surface area contributed by atoms with Crippen LogP contribution in [0.25, 0.3) is 0 Å². The topological polar surface area (TPSA) is 85.5 Å². The van der Waals surface area contributed by atoms with E-state index in [2.05, 4.69) is 4.37 Å². The number of morpholine rings is 1. The molecule has 0 saturated carbocycles. The number of anilines is 2. The summed E-state index contributed by atoms with van der Waals surface area (Å²) in [5.74, 6) is 0.202. The van der Waals surface area contributed by atoms with Crippen molar-refractivity contribution >= 4 is 32.2 Å². The molecule has 0 unspecified atom stereocenters. The fourth-order valence-electron chi connectivity index (χ4n) is 2.35. The normalized spacial score (nSPS) is 19.2. The van der Waals surface area contributed by atoms with Gasteiger partial charge in [0, 0.05) is 6.54 Å². The molecule has 1 aromatic heterocycles. The molecule has 114 valence electrons. The Morgan fingerprint density at radius 3 is 2.80 bits per heavy atom. The monoisotopic (exact) mass is 319 g/mol. The number of ether oxygens (including phenoxy) is 1. The van der Waals surface area contributed by atoms with Crippen molar-refractivity contribution in [2.75, 3.05) is 36.1 Å². The SMILES string of the molecule is CCCS(=O)(=O)c1c(N)nsc1N1CCOCC1(C)C. The summed E-state index contributed by atoms with van der Waals surface area (Å²) in [5.41, 5.74) is 5.55. The van der Waals surface area contributed by atoms with Crippen LogP contribution in [0.2, 0.25) is 0 Å². The smallest absolute Gasteiger partial charge is 0.185 e. The zero-order chi connectivity index (χ0) is 15.0. The number of hydrogen-bond donors (Lipinski definition) is 1. The highest BCUT2D eigenvalue weighted by Gasteiger charge is 2.36. The minimum Gasteiger partial charge on any atom is -0.382 e. The van der Waals surface area contributed by atoms with Crippen LogP contribution < -0.4 is 10.6 Å². The van der Waals surface area contributed by atoms with Gasteiger partial charge in [-0.25, -0.2) is 8.42 Å². The first-order valence-corrected chi connectivity index (χ1v) is 9.05. The highest BCUT2D eigenvalue weighted by molar-refractivity contribution is 7.91. The molecule has 20 heavy (non-hydrogen) atoms. The zero-order valence-corrected chi connectivity index (χ0v) is 13.7. The molecule has 0 bridgehead atoms. The lowest BCUT2D eigenvalue weighted by Crippen LogP contribution is -2.53. The molecular weight excluding hydrogens is 298 g/mol. The molecule has 1 fully saturated rings. The maximum Gasteiger partial charge on any atom is 0.185 e. The summed E-state index contributed by atoms with van der Waals surface area (Å²) in [6.45, 7) is 7.66. The lowest BCUT2D eigenvalue weighted by molar-refractivity contribution is 0.0645. The molecule has 1 aromatic rings. The Morgan fingerprint density at radius 1 is 1.50 bits per heavy atom. The van der Waals surface area contributed by atoms with Crippen molar-refractivity contribution in [1.29, 1.82) is 0 Å². The number of aromatic nitrogens is 1. The van der Waals surface area contributed by atoms with Crippen LogP contribution in [0.1, 0.15) is 27.2 Å². The van der Waals surface area contributed by atoms with E-state index in [9.17, 15) is 8.42 Å². The van der Waals surface area contributed by atoms with Gasteiger partial charge >= 0.3 is 0 Å². The molecular formula is C12H21N3O3S2. The van der Waals surface area contributed by atoms with Gasteiger partial charge in [-0.3, -0.25) is 0 Å². The first-order chi connectivity index (χ1) is 9.29. The lowest BCUT2D eigenvalue weighted by atomic mass is 10.0. The van der Waals surface area contributed by atoms with E-state index in [0.717, 1.165) is 11.5 Å². The summed E-state index contributed by atoms with van der Waals surface area (Å²) in [7, 11) is -3.39. The Balaban J connectivity index is 2.49. The van der Waals surface area contributed by atoms with E-state index in [4.69, 9.17) is 10.5 Å². The summed E-state index contributed by atoms with van der Waals surface area (Å²) in [6, 6.07) is 0. The average Bonchev–Trinajstić information content (AvgIpc) is 2.71. The van der Waals surface area contributed by atoms with Crippen LogP contribution in [0, 0.1) is 0 Å². The van der Waals surface area contributed by atoms with Crippen LogP contribution >= 0.6 is 11.5 Å². The second-order valence-electron chi connectivity index (χ2n) is 5.54. The average molecular weight is 319 g/mol. The molecule has 0 radical (unpaired) electrons. The van der Waals surface area contributed by atoms with E-state index in [1.807, 2.05) is 25.7 Å². The first kappa shape index (κ1) is 15.5. The predicted octanol–water partition coefficient (Wildman–Crippen LogP) is 1.52. The van der Waals surface area contributed by atoms with E-state index in [1.54, 1.807) is 0 Å². The van der Waals surface area contributed by atoms with E-state index in [-0.39, 0.29) is 22.0 Å². The van der Waals surface area contributed by atoms with E-state index < -0.39 is 9.84 Å². The Bertz CT molecular complexity index is 581. The molecule has 0 atom stereocenters. The van der Waals surface area contributed by atoms with Gasteiger partial charge in [0.15, 0.2) is 15.7 Å². The van der Waals surface area contributed by atoms with Gasteiger partial charge in [-0.05, 0) is 31.8 Å². The molecule has 1 aliphatic heterocycles. The van der Waals surface area contributed by atoms with Crippen molar-refractivity contribution in [2.24, 2.45) is 0 Å². The summed E-state index contributed by atoms with van der Waals surface area (Å²) in [5, 5.41) is 0.643. The van der Waals surface area contributed by atoms with Gasteiger partial charge in [-0.2, -0.15) is 4.37 Å². The first-order valence-electron chi connectivity index (χ1n) is 6.63. The van der Waals surface area contributed by atoms with Gasteiger partial charge < -0.3 is 15.4 Å². The summed E-state index contributed by atoms with van der Waals surface area (Å²) in [6.07, 6.45) is 0.559. The van der Waals surface area contributed by atoms with Crippen LogP contribution in [0.4, 0.5) is 10.8 Å². The largest absolute Gasteiger partial charge is 0.382 e. The molecule has 2 heterocycles. The van der Waals surface area contributed by atoms with Gasteiger partial charge in [0.05, 0.1) is 24.5 Å². The molecule has 1 saturated heterocycles. The van der Waals surface area contributed by atoms with Crippen LogP contribution in [-0.4, -0.2) is 43.8 Å². The van der Waals surface area contributed by atoms with Crippen LogP contribution in [-0.2, 0) is 14.6 Å². The number of nitrogens with zero attached hydrogens (tertiary/aromatic N) is 2. The van der Waals surface area contributed by atoms with E-state index in [0.29, 0.717) is 31.2 Å². The number of sulfone groups is 1. The van der Waals surface area contributed by atoms with Crippen molar-refractivity contribution in [3.05, 3.63) is 0 Å². The number of nitrogens with two attached hydrogens (primary N) is 1. The third kappa shape index (κ3) is 2.77. The molecule has 1 aliphatic rings. The van der Waals surface area contributed by atoms with Crippen molar-refractivity contribution in [3.8, 4) is 0 Å². The van der Waals surface area contributed by atoms with Gasteiger partial charge in [-0.1, -0.05) is 6.92 Å². The van der Waals surface area contributed by atoms with Gasteiger partial charge in [0.2, 0.25) is 0 Å². The fraction of sp³-hybridized carbons (Fsp3) is 0.750. The fourth-order valence-corrected chi connectivity index (χ4v) is 5.29. The highest BCUT2D eigenvalue weighted by atomic mass is 32.2. The van der Waals surface area contributed by atoms with E-state index >= 15 is 0 Å². The van der Waals surface area contributed by atoms with Crippen LogP contribution in [0.5, 0.6) is 0 Å². The van der Waals surface area contributed by atoms with Gasteiger partial charge in [-0.15, -0.1) is 0 Å². The lowest BCUT2D eigenvalue weighted by Gasteiger charge is -2.43. The maximum absolute atomic E-state index is 12.4. The molecule has 0 spiro atoms. The number of rotatable bonds is 4. The summed E-state index contributed by atoms with van der Waals surface area (Å²) < 4.78 is 34.4. The molecule has 0 aromatic carbocycles. The molecule has 0 aliphatic carbocycles. The van der Waals surface area contributed by atoms with Crippen molar-refractivity contribution in [2.45, 2.75) is 37.6 Å². The molecule has 0 amide bonds. The van der Waals surface area contributed by atoms with Crippen molar-refractivity contribution in [1.82, 2.24) is 4.37 Å². The van der Waals surface area contributed by atoms with Crippen molar-refractivity contribution in [3.63, 3.8) is 0 Å². The minimum absolute atomic E-state index is 0.0907. The summed E-state index contributed by atoms with van der Waals surface area (Å²) >= 11 is 1.15.